The van der Waals surface area contributed by atoms with Gasteiger partial charge in [0.15, 0.2) is 17.5 Å². The number of benzene rings is 9. The Morgan fingerprint density at radius 2 is 0.633 bits per heavy atom. The quantitative estimate of drug-likeness (QED) is 0.169. The van der Waals surface area contributed by atoms with E-state index in [1.54, 1.807) is 0 Å². The van der Waals surface area contributed by atoms with E-state index in [1.807, 2.05) is 42.5 Å². The van der Waals surface area contributed by atoms with Crippen LogP contribution in [0, 0.1) is 0 Å². The summed E-state index contributed by atoms with van der Waals surface area (Å²) in [7, 11) is 0. The third-order valence-electron chi connectivity index (χ3n) is 11.6. The number of hydrogen-bond acceptors (Lipinski definition) is 5. The molecule has 0 radical (unpaired) electrons. The van der Waals surface area contributed by atoms with Crippen LogP contribution >= 0.6 is 0 Å². The van der Waals surface area contributed by atoms with Crippen LogP contribution in [0.1, 0.15) is 0 Å². The zero-order valence-corrected chi connectivity index (χ0v) is 32.2. The summed E-state index contributed by atoms with van der Waals surface area (Å²) in [5, 5.41) is 6.63. The number of nitrogens with zero attached hydrogens (tertiary/aromatic N) is 3. The molecule has 0 atom stereocenters. The lowest BCUT2D eigenvalue weighted by atomic mass is 9.94. The molecule has 0 aliphatic rings. The van der Waals surface area contributed by atoms with Crippen LogP contribution < -0.4 is 0 Å². The van der Waals surface area contributed by atoms with Crippen LogP contribution in [0.3, 0.4) is 0 Å². The van der Waals surface area contributed by atoms with Crippen molar-refractivity contribution in [3.63, 3.8) is 0 Å². The Morgan fingerprint density at radius 1 is 0.233 bits per heavy atom. The van der Waals surface area contributed by atoms with Crippen molar-refractivity contribution >= 4 is 54.6 Å². The molecule has 60 heavy (non-hydrogen) atoms. The smallest absolute Gasteiger partial charge is 0.164 e. The van der Waals surface area contributed by atoms with E-state index in [-0.39, 0.29) is 0 Å². The molecule has 0 amide bonds. The summed E-state index contributed by atoms with van der Waals surface area (Å²) in [6, 6.07) is 69.3. The van der Waals surface area contributed by atoms with Crippen LogP contribution in [0.2, 0.25) is 0 Å². The number of para-hydroxylation sites is 2. The summed E-state index contributed by atoms with van der Waals surface area (Å²) in [4.78, 5) is 15.7. The summed E-state index contributed by atoms with van der Waals surface area (Å²) >= 11 is 0. The van der Waals surface area contributed by atoms with Crippen molar-refractivity contribution < 1.29 is 8.83 Å². The van der Waals surface area contributed by atoms with Crippen LogP contribution in [0.15, 0.2) is 209 Å². The second-order valence-corrected chi connectivity index (χ2v) is 15.2. The first kappa shape index (κ1) is 33.9. The minimum atomic E-state index is 0.590. The highest BCUT2D eigenvalue weighted by atomic mass is 16.3. The Kier molecular flexibility index (Phi) is 7.78. The van der Waals surface area contributed by atoms with Crippen molar-refractivity contribution in [2.45, 2.75) is 0 Å². The van der Waals surface area contributed by atoms with E-state index in [0.717, 1.165) is 105 Å². The molecule has 9 aromatic carbocycles. The van der Waals surface area contributed by atoms with Gasteiger partial charge in [-0.1, -0.05) is 146 Å². The molecule has 0 spiro atoms. The van der Waals surface area contributed by atoms with Gasteiger partial charge in [-0.15, -0.1) is 0 Å². The van der Waals surface area contributed by atoms with E-state index in [1.165, 1.54) is 0 Å². The number of aromatic nitrogens is 3. The Bertz CT molecular complexity index is 3450. The fourth-order valence-electron chi connectivity index (χ4n) is 8.60. The molecule has 280 valence electrons. The van der Waals surface area contributed by atoms with Crippen molar-refractivity contribution in [3.05, 3.63) is 200 Å². The van der Waals surface area contributed by atoms with Crippen molar-refractivity contribution in [2.75, 3.05) is 0 Å². The highest BCUT2D eigenvalue weighted by molar-refractivity contribution is 6.07. The van der Waals surface area contributed by atoms with Gasteiger partial charge in [0, 0.05) is 38.2 Å². The average molecular weight is 768 g/mol. The van der Waals surface area contributed by atoms with E-state index in [4.69, 9.17) is 23.8 Å². The lowest BCUT2D eigenvalue weighted by Crippen LogP contribution is -2.01. The summed E-state index contributed by atoms with van der Waals surface area (Å²) in [6.07, 6.45) is 0. The van der Waals surface area contributed by atoms with E-state index in [9.17, 15) is 0 Å². The molecule has 0 saturated heterocycles. The van der Waals surface area contributed by atoms with Gasteiger partial charge < -0.3 is 8.83 Å². The normalized spacial score (nSPS) is 11.7. The molecule has 0 bridgehead atoms. The van der Waals surface area contributed by atoms with Crippen molar-refractivity contribution in [3.8, 4) is 67.5 Å². The number of fused-ring (bicyclic) bond motifs is 7. The van der Waals surface area contributed by atoms with Gasteiger partial charge in [-0.2, -0.15) is 0 Å². The van der Waals surface area contributed by atoms with Crippen LogP contribution in [-0.2, 0) is 0 Å². The average Bonchev–Trinajstić information content (AvgIpc) is 3.89. The zero-order chi connectivity index (χ0) is 39.6. The fraction of sp³-hybridized carbons (Fsp3) is 0. The van der Waals surface area contributed by atoms with Gasteiger partial charge in [0.05, 0.1) is 0 Å². The highest BCUT2D eigenvalue weighted by Crippen LogP contribution is 2.38. The Hall–Kier alpha value is -8.15. The predicted molar refractivity (Wildman–Crippen MR) is 245 cm³/mol. The van der Waals surface area contributed by atoms with Crippen molar-refractivity contribution in [1.82, 2.24) is 15.0 Å². The number of rotatable bonds is 6. The molecular formula is C55H33N3O2. The van der Waals surface area contributed by atoms with Crippen LogP contribution in [-0.4, -0.2) is 15.0 Å². The summed E-state index contributed by atoms with van der Waals surface area (Å²) in [5.74, 6) is 1.79. The predicted octanol–water partition coefficient (Wildman–Crippen LogP) is 14.8. The summed E-state index contributed by atoms with van der Waals surface area (Å²) < 4.78 is 12.5. The molecule has 12 aromatic rings. The molecular weight excluding hydrogens is 735 g/mol. The monoisotopic (exact) mass is 767 g/mol. The SMILES string of the molecule is c1ccc(-c2ccc(-c3nc(-c4cccc(-c5ccc6c(c5)oc5ccccc56)c4)nc(-c4cccc(-c5ccc6c(c5)oc5ccccc56)c4)n3)c3ccccc23)cc1. The van der Waals surface area contributed by atoms with Gasteiger partial charge in [0.2, 0.25) is 0 Å². The molecule has 3 heterocycles. The molecule has 0 saturated carbocycles. The number of furan rings is 2. The molecule has 5 heteroatoms. The molecule has 3 aromatic heterocycles. The first-order chi connectivity index (χ1) is 29.7. The zero-order valence-electron chi connectivity index (χ0n) is 32.2. The van der Waals surface area contributed by atoms with Gasteiger partial charge in [0.25, 0.3) is 0 Å². The summed E-state index contributed by atoms with van der Waals surface area (Å²) in [5.41, 5.74) is 12.7. The Morgan fingerprint density at radius 3 is 1.20 bits per heavy atom. The maximum Gasteiger partial charge on any atom is 0.164 e. The maximum absolute atomic E-state index is 6.27. The first-order valence-electron chi connectivity index (χ1n) is 20.1. The van der Waals surface area contributed by atoms with Gasteiger partial charge in [-0.3, -0.25) is 0 Å². The minimum Gasteiger partial charge on any atom is -0.456 e. The van der Waals surface area contributed by atoms with Gasteiger partial charge in [-0.05, 0) is 98.8 Å². The molecule has 0 fully saturated rings. The fourth-order valence-corrected chi connectivity index (χ4v) is 8.60. The third kappa shape index (κ3) is 5.75. The van der Waals surface area contributed by atoms with E-state index in [2.05, 4.69) is 158 Å². The Labute approximate surface area is 344 Å². The van der Waals surface area contributed by atoms with Crippen LogP contribution in [0.5, 0.6) is 0 Å². The van der Waals surface area contributed by atoms with E-state index >= 15 is 0 Å². The maximum atomic E-state index is 6.27. The molecule has 12 rings (SSSR count). The van der Waals surface area contributed by atoms with Crippen molar-refractivity contribution in [2.24, 2.45) is 0 Å². The van der Waals surface area contributed by atoms with Gasteiger partial charge in [0.1, 0.15) is 22.3 Å². The lowest BCUT2D eigenvalue weighted by Gasteiger charge is -2.14. The molecule has 0 aliphatic heterocycles. The molecule has 0 aliphatic carbocycles. The van der Waals surface area contributed by atoms with E-state index in [0.29, 0.717) is 17.5 Å². The largest absolute Gasteiger partial charge is 0.456 e. The highest BCUT2D eigenvalue weighted by Gasteiger charge is 2.18. The third-order valence-corrected chi connectivity index (χ3v) is 11.6. The van der Waals surface area contributed by atoms with E-state index < -0.39 is 0 Å². The second-order valence-electron chi connectivity index (χ2n) is 15.2. The minimum absolute atomic E-state index is 0.590. The van der Waals surface area contributed by atoms with Crippen LogP contribution in [0.25, 0.3) is 122 Å². The van der Waals surface area contributed by atoms with Gasteiger partial charge >= 0.3 is 0 Å². The molecule has 0 N–H and O–H groups in total. The lowest BCUT2D eigenvalue weighted by molar-refractivity contribution is 0.668. The topological polar surface area (TPSA) is 65.0 Å². The molecule has 0 unspecified atom stereocenters. The van der Waals surface area contributed by atoms with Crippen molar-refractivity contribution in [1.29, 1.82) is 0 Å². The standard InChI is InChI=1S/C55H33N3O2/c1-2-12-34(13-3-1)41-28-29-48(43-19-5-4-18-42(41)43)55-57-53(39-16-10-14-35(30-39)37-24-26-46-44-20-6-8-22-49(44)59-51(46)32-37)56-54(58-55)40-17-11-15-36(31-40)38-25-27-47-45-21-7-9-23-50(45)60-52(47)33-38/h1-33H. The first-order valence-corrected chi connectivity index (χ1v) is 20.1. The molecule has 5 nitrogen and oxygen atoms in total. The number of hydrogen-bond donors (Lipinski definition) is 0. The Balaban J connectivity index is 1.01. The summed E-state index contributed by atoms with van der Waals surface area (Å²) in [6.45, 7) is 0. The van der Waals surface area contributed by atoms with Gasteiger partial charge in [-0.25, -0.2) is 15.0 Å². The second kappa shape index (κ2) is 13.8. The van der Waals surface area contributed by atoms with Crippen LogP contribution in [0.4, 0.5) is 0 Å².